The first-order valence-corrected chi connectivity index (χ1v) is 5.86. The van der Waals surface area contributed by atoms with Crippen molar-refractivity contribution in [2.75, 3.05) is 7.11 Å². The Bertz CT molecular complexity index is 456. The van der Waals surface area contributed by atoms with Gasteiger partial charge in [-0.2, -0.15) is 5.10 Å². The highest BCUT2D eigenvalue weighted by Gasteiger charge is 2.10. The summed E-state index contributed by atoms with van der Waals surface area (Å²) >= 11 is 1.85. The number of ether oxygens (including phenoxy) is 1. The average molecular weight is 235 g/mol. The summed E-state index contributed by atoms with van der Waals surface area (Å²) in [4.78, 5) is 4.94. The lowest BCUT2D eigenvalue weighted by Gasteiger charge is -2.15. The number of hydrogen-bond donors (Lipinski definition) is 0. The van der Waals surface area contributed by atoms with Crippen LogP contribution in [0.5, 0.6) is 5.75 Å². The van der Waals surface area contributed by atoms with Crippen molar-refractivity contribution in [3.05, 3.63) is 36.4 Å². The third kappa shape index (κ3) is 2.55. The molecule has 0 saturated heterocycles. The second-order valence-corrected chi connectivity index (χ2v) is 4.36. The van der Waals surface area contributed by atoms with E-state index in [2.05, 4.69) is 28.3 Å². The van der Waals surface area contributed by atoms with Crippen molar-refractivity contribution in [2.24, 2.45) is 7.05 Å². The number of aryl methyl sites for hydroxylation is 1. The van der Waals surface area contributed by atoms with E-state index < -0.39 is 0 Å². The van der Waals surface area contributed by atoms with E-state index in [1.54, 1.807) is 18.1 Å². The number of benzene rings is 1. The molecule has 0 amide bonds. The van der Waals surface area contributed by atoms with Crippen LogP contribution in [0.15, 0.2) is 35.7 Å². The minimum atomic E-state index is 1.02. The second kappa shape index (κ2) is 5.03. The number of fused-ring (bicyclic) bond motifs is 3. The first kappa shape index (κ1) is 11.0. The standard InChI is InChI=1S/C8H8OS.C3H5N3/c1-9-7-4-6-2-3-8(7)10-5-6;1-6-3-4-2-5-6/h2-4H,5H2,1H3;2-3H,1H3. The summed E-state index contributed by atoms with van der Waals surface area (Å²) in [6.45, 7) is 0. The molecule has 1 aromatic heterocycles. The molecule has 16 heavy (non-hydrogen) atoms. The highest BCUT2D eigenvalue weighted by molar-refractivity contribution is 7.98. The van der Waals surface area contributed by atoms with Crippen molar-refractivity contribution < 1.29 is 4.74 Å². The molecule has 2 aliphatic rings. The maximum Gasteiger partial charge on any atom is 0.137 e. The molecule has 0 saturated carbocycles. The highest BCUT2D eigenvalue weighted by Crippen LogP contribution is 2.37. The molecule has 84 valence electrons. The molecule has 0 fully saturated rings. The van der Waals surface area contributed by atoms with Crippen LogP contribution in [0, 0.1) is 0 Å². The molecule has 0 spiro atoms. The average Bonchev–Trinajstić information content (AvgIpc) is 2.82. The van der Waals surface area contributed by atoms with Crippen molar-refractivity contribution in [1.29, 1.82) is 0 Å². The maximum atomic E-state index is 5.16. The molecule has 4 nitrogen and oxygen atoms in total. The van der Waals surface area contributed by atoms with Gasteiger partial charge in [-0.3, -0.25) is 4.68 Å². The van der Waals surface area contributed by atoms with Crippen LogP contribution in [-0.2, 0) is 12.8 Å². The number of aromatic nitrogens is 3. The lowest BCUT2D eigenvalue weighted by Crippen LogP contribution is -1.94. The second-order valence-electron chi connectivity index (χ2n) is 3.34. The van der Waals surface area contributed by atoms with Crippen molar-refractivity contribution >= 4 is 11.8 Å². The van der Waals surface area contributed by atoms with Crippen molar-refractivity contribution in [1.82, 2.24) is 14.8 Å². The van der Waals surface area contributed by atoms with E-state index in [4.69, 9.17) is 4.74 Å². The number of nitrogens with zero attached hydrogens (tertiary/aromatic N) is 3. The Morgan fingerprint density at radius 1 is 1.44 bits per heavy atom. The van der Waals surface area contributed by atoms with Crippen LogP contribution >= 0.6 is 11.8 Å². The molecular weight excluding hydrogens is 222 g/mol. The predicted molar refractivity (Wildman–Crippen MR) is 63.6 cm³/mol. The maximum absolute atomic E-state index is 5.16. The van der Waals surface area contributed by atoms with Gasteiger partial charge in [0.15, 0.2) is 0 Å². The van der Waals surface area contributed by atoms with Crippen LogP contribution in [0.4, 0.5) is 0 Å². The third-order valence-electron chi connectivity index (χ3n) is 2.16. The van der Waals surface area contributed by atoms with Crippen molar-refractivity contribution in [3.63, 3.8) is 0 Å². The van der Waals surface area contributed by atoms with Crippen LogP contribution in [0.3, 0.4) is 0 Å². The zero-order valence-corrected chi connectivity index (χ0v) is 10.1. The molecule has 0 atom stereocenters. The zero-order chi connectivity index (χ0) is 11.4. The monoisotopic (exact) mass is 235 g/mol. The third-order valence-corrected chi connectivity index (χ3v) is 3.28. The first-order chi connectivity index (χ1) is 7.79. The molecule has 2 aliphatic heterocycles. The van der Waals surface area contributed by atoms with Gasteiger partial charge in [0.2, 0.25) is 0 Å². The quantitative estimate of drug-likeness (QED) is 0.759. The number of methoxy groups -OCH3 is 1. The zero-order valence-electron chi connectivity index (χ0n) is 9.25. The van der Waals surface area contributed by atoms with Gasteiger partial charge in [0, 0.05) is 17.7 Å². The summed E-state index contributed by atoms with van der Waals surface area (Å²) in [6.07, 6.45) is 3.14. The SMILES string of the molecule is COc1cc2ccc1SC2.Cn1cncn1. The van der Waals surface area contributed by atoms with Gasteiger partial charge in [-0.05, 0) is 17.7 Å². The van der Waals surface area contributed by atoms with E-state index in [9.17, 15) is 0 Å². The molecular formula is C11H13N3OS. The van der Waals surface area contributed by atoms with E-state index in [0.29, 0.717) is 0 Å². The van der Waals surface area contributed by atoms with Gasteiger partial charge in [0.25, 0.3) is 0 Å². The van der Waals surface area contributed by atoms with Crippen LogP contribution in [-0.4, -0.2) is 21.9 Å². The fourth-order valence-corrected chi connectivity index (χ4v) is 2.30. The van der Waals surface area contributed by atoms with Crippen LogP contribution in [0.25, 0.3) is 0 Å². The van der Waals surface area contributed by atoms with E-state index in [1.165, 1.54) is 16.8 Å². The summed E-state index contributed by atoms with van der Waals surface area (Å²) in [5.41, 5.74) is 1.36. The molecule has 2 bridgehead atoms. The molecule has 2 aromatic rings. The van der Waals surface area contributed by atoms with Gasteiger partial charge in [0.05, 0.1) is 7.11 Å². The van der Waals surface area contributed by atoms with E-state index in [1.807, 2.05) is 18.8 Å². The summed E-state index contributed by atoms with van der Waals surface area (Å²) in [5, 5.41) is 3.72. The fraction of sp³-hybridized carbons (Fsp3) is 0.273. The Hall–Kier alpha value is -1.49. The fourth-order valence-electron chi connectivity index (χ4n) is 1.35. The van der Waals surface area contributed by atoms with E-state index in [-0.39, 0.29) is 0 Å². The van der Waals surface area contributed by atoms with Crippen molar-refractivity contribution in [3.8, 4) is 5.75 Å². The lowest BCUT2D eigenvalue weighted by molar-refractivity contribution is 0.403. The lowest BCUT2D eigenvalue weighted by atomic mass is 10.2. The van der Waals surface area contributed by atoms with Crippen LogP contribution in [0.2, 0.25) is 0 Å². The summed E-state index contributed by atoms with van der Waals surface area (Å²) in [7, 11) is 3.54. The van der Waals surface area contributed by atoms with Gasteiger partial charge in [-0.1, -0.05) is 6.07 Å². The molecule has 1 aromatic carbocycles. The summed E-state index contributed by atoms with van der Waals surface area (Å²) in [5.74, 6) is 2.13. The molecule has 0 N–H and O–H groups in total. The van der Waals surface area contributed by atoms with Crippen molar-refractivity contribution in [2.45, 2.75) is 10.6 Å². The summed E-state index contributed by atoms with van der Waals surface area (Å²) < 4.78 is 6.80. The van der Waals surface area contributed by atoms with Gasteiger partial charge in [-0.15, -0.1) is 11.8 Å². The Morgan fingerprint density at radius 3 is 2.56 bits per heavy atom. The Kier molecular flexibility index (Phi) is 3.46. The molecule has 5 heteroatoms. The van der Waals surface area contributed by atoms with Gasteiger partial charge in [0.1, 0.15) is 18.4 Å². The molecule has 4 rings (SSSR count). The highest BCUT2D eigenvalue weighted by atomic mass is 32.2. The number of rotatable bonds is 1. The molecule has 0 radical (unpaired) electrons. The summed E-state index contributed by atoms with van der Waals surface area (Å²) in [6, 6.07) is 6.36. The smallest absolute Gasteiger partial charge is 0.137 e. The predicted octanol–water partition coefficient (Wildman–Crippen LogP) is 2.12. The topological polar surface area (TPSA) is 39.9 Å². The Morgan fingerprint density at radius 2 is 2.31 bits per heavy atom. The van der Waals surface area contributed by atoms with Gasteiger partial charge >= 0.3 is 0 Å². The molecule has 0 aliphatic carbocycles. The normalized spacial score (nSPS) is 11.9. The number of thioether (sulfide) groups is 1. The Labute approximate surface area is 98.6 Å². The molecule has 3 heterocycles. The minimum absolute atomic E-state index is 1.02. The minimum Gasteiger partial charge on any atom is -0.496 e. The molecule has 0 unspecified atom stereocenters. The van der Waals surface area contributed by atoms with E-state index >= 15 is 0 Å². The Balaban J connectivity index is 0.000000138. The van der Waals surface area contributed by atoms with Crippen LogP contribution in [0.1, 0.15) is 5.56 Å². The largest absolute Gasteiger partial charge is 0.496 e. The van der Waals surface area contributed by atoms with Crippen LogP contribution < -0.4 is 4.74 Å². The number of hydrogen-bond acceptors (Lipinski definition) is 4. The first-order valence-electron chi connectivity index (χ1n) is 4.88. The van der Waals surface area contributed by atoms with Gasteiger partial charge < -0.3 is 4.74 Å². The van der Waals surface area contributed by atoms with Gasteiger partial charge in [-0.25, -0.2) is 4.98 Å². The van der Waals surface area contributed by atoms with E-state index in [0.717, 1.165) is 11.5 Å².